The standard InChI is InChI=1S/C17H15FN2O3/c18-14-4-2-1-3-13(14)15-6-5-12(11-19-15)23-10-9-20-16(21)7-8-17(20)22/h1-8,11,21-22H,9-10H2. The number of benzene rings is 1. The van der Waals surface area contributed by atoms with Crippen molar-refractivity contribution < 1.29 is 19.3 Å². The van der Waals surface area contributed by atoms with Gasteiger partial charge in [0.05, 0.1) is 18.4 Å². The van der Waals surface area contributed by atoms with Crippen molar-refractivity contribution in [3.8, 4) is 28.8 Å². The number of ether oxygens (including phenoxy) is 1. The summed E-state index contributed by atoms with van der Waals surface area (Å²) in [5, 5.41) is 19.0. The van der Waals surface area contributed by atoms with Crippen LogP contribution in [0, 0.1) is 5.82 Å². The lowest BCUT2D eigenvalue weighted by Crippen LogP contribution is -2.07. The number of hydrogen-bond acceptors (Lipinski definition) is 4. The van der Waals surface area contributed by atoms with Crippen molar-refractivity contribution in [2.45, 2.75) is 6.54 Å². The van der Waals surface area contributed by atoms with Crippen molar-refractivity contribution in [1.29, 1.82) is 0 Å². The highest BCUT2D eigenvalue weighted by Gasteiger charge is 2.07. The summed E-state index contributed by atoms with van der Waals surface area (Å²) in [6.45, 7) is 0.538. The lowest BCUT2D eigenvalue weighted by atomic mass is 10.1. The van der Waals surface area contributed by atoms with E-state index in [1.54, 1.807) is 30.3 Å². The van der Waals surface area contributed by atoms with E-state index in [-0.39, 0.29) is 24.2 Å². The fraction of sp³-hybridized carbons (Fsp3) is 0.118. The van der Waals surface area contributed by atoms with E-state index in [0.717, 1.165) is 0 Å². The lowest BCUT2D eigenvalue weighted by molar-refractivity contribution is 0.274. The highest BCUT2D eigenvalue weighted by molar-refractivity contribution is 5.60. The number of hydrogen-bond donors (Lipinski definition) is 2. The van der Waals surface area contributed by atoms with Crippen molar-refractivity contribution in [2.75, 3.05) is 6.61 Å². The molecule has 3 aromatic rings. The van der Waals surface area contributed by atoms with Gasteiger partial charge in [-0.2, -0.15) is 0 Å². The summed E-state index contributed by atoms with van der Waals surface area (Å²) >= 11 is 0. The fourth-order valence-corrected chi connectivity index (χ4v) is 2.22. The van der Waals surface area contributed by atoms with Crippen molar-refractivity contribution in [2.24, 2.45) is 0 Å². The molecule has 0 aliphatic rings. The van der Waals surface area contributed by atoms with Gasteiger partial charge in [-0.05, 0) is 24.3 Å². The summed E-state index contributed by atoms with van der Waals surface area (Å²) in [5.74, 6) is 0.140. The first-order valence-electron chi connectivity index (χ1n) is 7.06. The molecule has 0 bridgehead atoms. The Hall–Kier alpha value is -3.02. The summed E-state index contributed by atoms with van der Waals surface area (Å²) in [6.07, 6.45) is 1.51. The maximum atomic E-state index is 13.7. The molecule has 0 atom stereocenters. The van der Waals surface area contributed by atoms with E-state index in [2.05, 4.69) is 4.98 Å². The van der Waals surface area contributed by atoms with Crippen LogP contribution in [-0.4, -0.2) is 26.4 Å². The number of aromatic hydroxyl groups is 2. The van der Waals surface area contributed by atoms with Crippen molar-refractivity contribution in [3.05, 3.63) is 60.5 Å². The molecule has 118 valence electrons. The number of nitrogens with zero attached hydrogens (tertiary/aromatic N) is 2. The Morgan fingerprint density at radius 1 is 1.00 bits per heavy atom. The Balaban J connectivity index is 1.63. The second-order valence-electron chi connectivity index (χ2n) is 4.91. The molecular formula is C17H15FN2O3. The zero-order valence-electron chi connectivity index (χ0n) is 12.2. The maximum absolute atomic E-state index is 13.7. The third kappa shape index (κ3) is 3.26. The minimum atomic E-state index is -0.327. The fourth-order valence-electron chi connectivity index (χ4n) is 2.22. The monoisotopic (exact) mass is 314 g/mol. The molecule has 0 fully saturated rings. The van der Waals surface area contributed by atoms with Gasteiger partial charge in [0.2, 0.25) is 0 Å². The molecule has 0 aliphatic carbocycles. The van der Waals surface area contributed by atoms with Crippen LogP contribution in [0.5, 0.6) is 17.5 Å². The summed E-state index contributed by atoms with van der Waals surface area (Å²) in [5.41, 5.74) is 0.956. The number of halogens is 1. The van der Waals surface area contributed by atoms with Gasteiger partial charge in [0, 0.05) is 17.7 Å². The molecule has 0 unspecified atom stereocenters. The first kappa shape index (κ1) is 14.9. The Morgan fingerprint density at radius 3 is 2.39 bits per heavy atom. The molecular weight excluding hydrogens is 299 g/mol. The molecule has 0 spiro atoms. The van der Waals surface area contributed by atoms with E-state index in [4.69, 9.17) is 4.74 Å². The van der Waals surface area contributed by atoms with Crippen LogP contribution in [0.4, 0.5) is 4.39 Å². The predicted molar refractivity (Wildman–Crippen MR) is 82.9 cm³/mol. The Kier molecular flexibility index (Phi) is 4.14. The van der Waals surface area contributed by atoms with Gasteiger partial charge in [0.15, 0.2) is 11.8 Å². The van der Waals surface area contributed by atoms with Crippen LogP contribution in [0.25, 0.3) is 11.3 Å². The van der Waals surface area contributed by atoms with Gasteiger partial charge in [-0.25, -0.2) is 4.39 Å². The van der Waals surface area contributed by atoms with E-state index in [1.165, 1.54) is 29.0 Å². The van der Waals surface area contributed by atoms with Gasteiger partial charge in [-0.15, -0.1) is 0 Å². The van der Waals surface area contributed by atoms with E-state index >= 15 is 0 Å². The molecule has 2 N–H and O–H groups in total. The molecule has 23 heavy (non-hydrogen) atoms. The van der Waals surface area contributed by atoms with E-state index in [0.29, 0.717) is 23.6 Å². The van der Waals surface area contributed by atoms with Crippen LogP contribution >= 0.6 is 0 Å². The number of aromatic nitrogens is 2. The molecule has 0 aliphatic heterocycles. The second-order valence-corrected chi connectivity index (χ2v) is 4.91. The number of rotatable bonds is 5. The molecule has 1 aromatic carbocycles. The van der Waals surface area contributed by atoms with Crippen LogP contribution in [0.3, 0.4) is 0 Å². The number of pyridine rings is 1. The first-order valence-corrected chi connectivity index (χ1v) is 7.06. The molecule has 0 amide bonds. The molecule has 2 aromatic heterocycles. The van der Waals surface area contributed by atoms with Crippen LogP contribution in [0.2, 0.25) is 0 Å². The summed E-state index contributed by atoms with van der Waals surface area (Å²) < 4.78 is 20.5. The van der Waals surface area contributed by atoms with Gasteiger partial charge < -0.3 is 14.9 Å². The summed E-state index contributed by atoms with van der Waals surface area (Å²) in [7, 11) is 0. The van der Waals surface area contributed by atoms with Gasteiger partial charge in [0.1, 0.15) is 18.2 Å². The zero-order valence-corrected chi connectivity index (χ0v) is 12.2. The zero-order chi connectivity index (χ0) is 16.2. The summed E-state index contributed by atoms with van der Waals surface area (Å²) in [4.78, 5) is 4.19. The first-order chi connectivity index (χ1) is 11.1. The highest BCUT2D eigenvalue weighted by Crippen LogP contribution is 2.23. The maximum Gasteiger partial charge on any atom is 0.193 e. The molecule has 3 rings (SSSR count). The van der Waals surface area contributed by atoms with E-state index in [1.807, 2.05) is 0 Å². The second kappa shape index (κ2) is 6.39. The molecule has 5 nitrogen and oxygen atoms in total. The smallest absolute Gasteiger partial charge is 0.193 e. The SMILES string of the molecule is Oc1ccc(O)n1CCOc1ccc(-c2ccccc2F)nc1. The van der Waals surface area contributed by atoms with Crippen LogP contribution < -0.4 is 4.74 Å². The van der Waals surface area contributed by atoms with Crippen molar-refractivity contribution in [1.82, 2.24) is 9.55 Å². The highest BCUT2D eigenvalue weighted by atomic mass is 19.1. The van der Waals surface area contributed by atoms with Gasteiger partial charge >= 0.3 is 0 Å². The third-order valence-corrected chi connectivity index (χ3v) is 3.40. The third-order valence-electron chi connectivity index (χ3n) is 3.40. The predicted octanol–water partition coefficient (Wildman–Crippen LogP) is 3.18. The summed E-state index contributed by atoms with van der Waals surface area (Å²) in [6, 6.07) is 12.6. The average Bonchev–Trinajstić information content (AvgIpc) is 2.88. The lowest BCUT2D eigenvalue weighted by Gasteiger charge is -2.09. The van der Waals surface area contributed by atoms with Gasteiger partial charge in [0.25, 0.3) is 0 Å². The Labute approximate surface area is 132 Å². The van der Waals surface area contributed by atoms with E-state index < -0.39 is 0 Å². The molecule has 0 saturated heterocycles. The Bertz CT molecular complexity index is 780. The quantitative estimate of drug-likeness (QED) is 0.759. The van der Waals surface area contributed by atoms with Crippen LogP contribution in [0.15, 0.2) is 54.7 Å². The normalized spacial score (nSPS) is 10.7. The molecule has 0 radical (unpaired) electrons. The average molecular weight is 314 g/mol. The Morgan fingerprint density at radius 2 is 1.74 bits per heavy atom. The van der Waals surface area contributed by atoms with Crippen LogP contribution in [0.1, 0.15) is 0 Å². The molecule has 0 saturated carbocycles. The van der Waals surface area contributed by atoms with E-state index in [9.17, 15) is 14.6 Å². The topological polar surface area (TPSA) is 67.5 Å². The minimum Gasteiger partial charge on any atom is -0.494 e. The van der Waals surface area contributed by atoms with Gasteiger partial charge in [-0.3, -0.25) is 9.55 Å². The largest absolute Gasteiger partial charge is 0.494 e. The van der Waals surface area contributed by atoms with Crippen molar-refractivity contribution in [3.63, 3.8) is 0 Å². The van der Waals surface area contributed by atoms with Gasteiger partial charge in [-0.1, -0.05) is 12.1 Å². The molecule has 2 heterocycles. The van der Waals surface area contributed by atoms with Crippen molar-refractivity contribution >= 4 is 0 Å². The van der Waals surface area contributed by atoms with Crippen LogP contribution in [-0.2, 0) is 6.54 Å². The molecule has 6 heteroatoms. The minimum absolute atomic E-state index is 0.0286.